The van der Waals surface area contributed by atoms with Crippen LogP contribution in [0.2, 0.25) is 0 Å². The molecule has 61 valence electrons. The number of nitrogens with zero attached hydrogens (tertiary/aromatic N) is 1. The molecule has 2 nitrogen and oxygen atoms in total. The van der Waals surface area contributed by atoms with Crippen LogP contribution in [0.4, 0.5) is 5.69 Å². The summed E-state index contributed by atoms with van der Waals surface area (Å²) in [5, 5.41) is 0. The van der Waals surface area contributed by atoms with Gasteiger partial charge in [0.25, 0.3) is 0 Å². The van der Waals surface area contributed by atoms with Gasteiger partial charge < -0.3 is 0 Å². The number of benzene rings is 1. The van der Waals surface area contributed by atoms with Gasteiger partial charge in [-0.05, 0) is 18.7 Å². The zero-order chi connectivity index (χ0) is 8.97. The molecular formula is C10H10NO. The third-order valence-electron chi connectivity index (χ3n) is 1.52. The van der Waals surface area contributed by atoms with Crippen LogP contribution in [0, 0.1) is 6.58 Å². The summed E-state index contributed by atoms with van der Waals surface area (Å²) in [6.07, 6.45) is 1.26. The Balaban J connectivity index is 2.95. The lowest BCUT2D eigenvalue weighted by Gasteiger charge is -2.14. The minimum Gasteiger partial charge on any atom is -0.288 e. The predicted octanol–water partition coefficient (Wildman–Crippen LogP) is 1.99. The molecule has 2 heteroatoms. The third kappa shape index (κ3) is 1.72. The third-order valence-corrected chi connectivity index (χ3v) is 1.52. The van der Waals surface area contributed by atoms with Gasteiger partial charge in [-0.15, -0.1) is 0 Å². The molecule has 0 bridgehead atoms. The first kappa shape index (κ1) is 8.53. The van der Waals surface area contributed by atoms with Gasteiger partial charge in [-0.3, -0.25) is 9.69 Å². The molecule has 12 heavy (non-hydrogen) atoms. The van der Waals surface area contributed by atoms with E-state index < -0.39 is 0 Å². The molecule has 0 heterocycles. The maximum atomic E-state index is 11.0. The molecule has 0 aliphatic heterocycles. The van der Waals surface area contributed by atoms with Crippen LogP contribution in [0.3, 0.4) is 0 Å². The molecule has 0 fully saturated rings. The van der Waals surface area contributed by atoms with Gasteiger partial charge in [-0.25, -0.2) is 0 Å². The molecule has 0 atom stereocenters. The number of anilines is 1. The number of carbonyl (C=O) groups excluding carboxylic acids is 1. The highest BCUT2D eigenvalue weighted by Crippen LogP contribution is 2.12. The second kappa shape index (κ2) is 3.72. The number of hydrogen-bond acceptors (Lipinski definition) is 1. The van der Waals surface area contributed by atoms with Crippen LogP contribution in [0.25, 0.3) is 0 Å². The predicted molar refractivity (Wildman–Crippen MR) is 48.5 cm³/mol. The molecule has 0 aliphatic carbocycles. The molecule has 0 saturated heterocycles. The largest absolute Gasteiger partial charge is 0.288 e. The lowest BCUT2D eigenvalue weighted by molar-refractivity contribution is -0.115. The van der Waals surface area contributed by atoms with E-state index in [0.717, 1.165) is 5.69 Å². The first-order valence-corrected chi connectivity index (χ1v) is 3.65. The topological polar surface area (TPSA) is 20.3 Å². The summed E-state index contributed by atoms with van der Waals surface area (Å²) in [5.41, 5.74) is 0.785. The molecule has 0 aliphatic rings. The first-order chi connectivity index (χ1) is 5.75. The second-order valence-electron chi connectivity index (χ2n) is 2.37. The monoisotopic (exact) mass is 160 g/mol. The highest BCUT2D eigenvalue weighted by molar-refractivity contribution is 5.92. The Morgan fingerprint density at radius 1 is 1.42 bits per heavy atom. The van der Waals surface area contributed by atoms with Crippen molar-refractivity contribution in [1.82, 2.24) is 0 Å². The zero-order valence-corrected chi connectivity index (χ0v) is 6.90. The van der Waals surface area contributed by atoms with Gasteiger partial charge in [0, 0.05) is 18.8 Å². The van der Waals surface area contributed by atoms with Crippen LogP contribution in [-0.2, 0) is 4.79 Å². The van der Waals surface area contributed by atoms with Crippen LogP contribution in [0.5, 0.6) is 0 Å². The molecule has 0 spiro atoms. The fourth-order valence-corrected chi connectivity index (χ4v) is 0.961. The maximum Gasteiger partial charge on any atom is 0.227 e. The van der Waals surface area contributed by atoms with Crippen molar-refractivity contribution in [1.29, 1.82) is 0 Å². The molecule has 0 N–H and O–H groups in total. The Labute approximate surface area is 72.1 Å². The van der Waals surface area contributed by atoms with Gasteiger partial charge in [-0.2, -0.15) is 0 Å². The van der Waals surface area contributed by atoms with Crippen molar-refractivity contribution in [3.05, 3.63) is 43.1 Å². The Morgan fingerprint density at radius 2 is 2.00 bits per heavy atom. The average Bonchev–Trinajstić information content (AvgIpc) is 2.07. The van der Waals surface area contributed by atoms with E-state index in [-0.39, 0.29) is 5.91 Å². The van der Waals surface area contributed by atoms with Crippen LogP contribution >= 0.6 is 0 Å². The highest BCUT2D eigenvalue weighted by Gasteiger charge is 2.04. The fourth-order valence-electron chi connectivity index (χ4n) is 0.961. The van der Waals surface area contributed by atoms with Crippen molar-refractivity contribution in [2.45, 2.75) is 6.92 Å². The standard InChI is InChI=1S/C10H10NO/c1-3-11(9(2)12)10-7-5-4-6-8-10/h1,3-8H,2H3. The van der Waals surface area contributed by atoms with E-state index in [1.54, 1.807) is 0 Å². The Kier molecular flexibility index (Phi) is 2.64. The maximum absolute atomic E-state index is 11.0. The summed E-state index contributed by atoms with van der Waals surface area (Å²) in [4.78, 5) is 12.4. The molecule has 1 aromatic rings. The van der Waals surface area contributed by atoms with Crippen LogP contribution in [0.1, 0.15) is 6.92 Å². The van der Waals surface area contributed by atoms with Gasteiger partial charge in [-0.1, -0.05) is 18.2 Å². The van der Waals surface area contributed by atoms with Crippen molar-refractivity contribution in [3.63, 3.8) is 0 Å². The summed E-state index contributed by atoms with van der Waals surface area (Å²) in [6, 6.07) is 9.25. The van der Waals surface area contributed by atoms with E-state index in [9.17, 15) is 4.79 Å². The lowest BCUT2D eigenvalue weighted by atomic mass is 10.3. The smallest absolute Gasteiger partial charge is 0.227 e. The van der Waals surface area contributed by atoms with E-state index in [4.69, 9.17) is 6.58 Å². The van der Waals surface area contributed by atoms with Gasteiger partial charge in [0.2, 0.25) is 5.91 Å². The van der Waals surface area contributed by atoms with Gasteiger partial charge in [0.05, 0.1) is 0 Å². The Hall–Kier alpha value is -1.57. The number of amides is 1. The fraction of sp³-hybridized carbons (Fsp3) is 0.100. The summed E-state index contributed by atoms with van der Waals surface area (Å²) in [5.74, 6) is -0.0938. The molecule has 1 radical (unpaired) electrons. The molecular weight excluding hydrogens is 150 g/mol. The normalized spacial score (nSPS) is 9.08. The molecule has 0 saturated carbocycles. The number of carbonyl (C=O) groups is 1. The average molecular weight is 160 g/mol. The summed E-state index contributed by atoms with van der Waals surface area (Å²) in [7, 11) is 0. The van der Waals surface area contributed by atoms with Crippen LogP contribution < -0.4 is 4.90 Å². The molecule has 1 aromatic carbocycles. The van der Waals surface area contributed by atoms with Crippen LogP contribution in [0.15, 0.2) is 36.5 Å². The van der Waals surface area contributed by atoms with E-state index in [1.807, 2.05) is 30.3 Å². The summed E-state index contributed by atoms with van der Waals surface area (Å²) < 4.78 is 0. The second-order valence-corrected chi connectivity index (χ2v) is 2.37. The van der Waals surface area contributed by atoms with Gasteiger partial charge in [0.1, 0.15) is 0 Å². The van der Waals surface area contributed by atoms with E-state index in [0.29, 0.717) is 0 Å². The summed E-state index contributed by atoms with van der Waals surface area (Å²) >= 11 is 0. The van der Waals surface area contributed by atoms with Crippen molar-refractivity contribution >= 4 is 11.6 Å². The van der Waals surface area contributed by atoms with E-state index in [1.165, 1.54) is 18.0 Å². The molecule has 1 rings (SSSR count). The number of rotatable bonds is 2. The minimum absolute atomic E-state index is 0.0938. The summed E-state index contributed by atoms with van der Waals surface area (Å²) in [6.45, 7) is 6.75. The SMILES string of the molecule is [CH]=CN(C(C)=O)c1ccccc1. The van der Waals surface area contributed by atoms with Crippen molar-refractivity contribution in [2.75, 3.05) is 4.90 Å². The molecule has 1 amide bonds. The van der Waals surface area contributed by atoms with Crippen molar-refractivity contribution in [2.24, 2.45) is 0 Å². The highest BCUT2D eigenvalue weighted by atomic mass is 16.2. The quantitative estimate of drug-likeness (QED) is 0.647. The first-order valence-electron chi connectivity index (χ1n) is 3.65. The number of para-hydroxylation sites is 1. The Bertz CT molecular complexity index is 279. The van der Waals surface area contributed by atoms with Crippen molar-refractivity contribution in [3.8, 4) is 0 Å². The minimum atomic E-state index is -0.0938. The van der Waals surface area contributed by atoms with E-state index >= 15 is 0 Å². The molecule has 0 unspecified atom stereocenters. The van der Waals surface area contributed by atoms with Crippen LogP contribution in [-0.4, -0.2) is 5.91 Å². The zero-order valence-electron chi connectivity index (χ0n) is 6.90. The van der Waals surface area contributed by atoms with Crippen molar-refractivity contribution < 1.29 is 4.79 Å². The molecule has 0 aromatic heterocycles. The van der Waals surface area contributed by atoms with Gasteiger partial charge >= 0.3 is 0 Å². The number of hydrogen-bond donors (Lipinski definition) is 0. The lowest BCUT2D eigenvalue weighted by Crippen LogP contribution is -2.21. The van der Waals surface area contributed by atoms with Gasteiger partial charge in [0.15, 0.2) is 0 Å². The Morgan fingerprint density at radius 3 is 2.42 bits per heavy atom. The van der Waals surface area contributed by atoms with E-state index in [2.05, 4.69) is 0 Å².